The Kier molecular flexibility index (Phi) is 4.70. The van der Waals surface area contributed by atoms with Gasteiger partial charge in [-0.25, -0.2) is 0 Å². The molecule has 0 radical (unpaired) electrons. The summed E-state index contributed by atoms with van der Waals surface area (Å²) in [5, 5.41) is 3.31. The quantitative estimate of drug-likeness (QED) is 0.684. The molecule has 78 valence electrons. The van der Waals surface area contributed by atoms with Crippen molar-refractivity contribution in [1.29, 1.82) is 0 Å². The Morgan fingerprint density at radius 1 is 1.38 bits per heavy atom. The molecule has 1 aliphatic heterocycles. The molecule has 0 aromatic carbocycles. The molecule has 1 aliphatic rings. The molecule has 1 N–H and O–H groups in total. The molecule has 1 fully saturated rings. The lowest BCUT2D eigenvalue weighted by Crippen LogP contribution is -2.45. The average Bonchev–Trinajstić information content (AvgIpc) is 2.65. The summed E-state index contributed by atoms with van der Waals surface area (Å²) in [5.41, 5.74) is 0. The van der Waals surface area contributed by atoms with Gasteiger partial charge in [0.25, 0.3) is 0 Å². The van der Waals surface area contributed by atoms with E-state index >= 15 is 0 Å². The zero-order valence-electron chi connectivity index (χ0n) is 9.05. The van der Waals surface area contributed by atoms with Gasteiger partial charge in [0.15, 0.2) is 0 Å². The monoisotopic (exact) mass is 186 g/mol. The van der Waals surface area contributed by atoms with Gasteiger partial charge in [-0.15, -0.1) is 0 Å². The zero-order chi connectivity index (χ0) is 9.68. The molecular weight excluding hydrogens is 164 g/mol. The van der Waals surface area contributed by atoms with E-state index in [1.165, 1.54) is 25.9 Å². The van der Waals surface area contributed by atoms with Crippen LogP contribution in [-0.2, 0) is 4.74 Å². The van der Waals surface area contributed by atoms with Gasteiger partial charge in [0.2, 0.25) is 0 Å². The number of hydrogen-bond donors (Lipinski definition) is 1. The van der Waals surface area contributed by atoms with Crippen LogP contribution in [0.4, 0.5) is 0 Å². The number of nitrogens with one attached hydrogen (secondary N) is 1. The van der Waals surface area contributed by atoms with Crippen LogP contribution < -0.4 is 5.32 Å². The third-order valence-corrected chi connectivity index (χ3v) is 2.96. The van der Waals surface area contributed by atoms with E-state index in [-0.39, 0.29) is 0 Å². The highest BCUT2D eigenvalue weighted by Gasteiger charge is 2.20. The van der Waals surface area contributed by atoms with Crippen molar-refractivity contribution in [3.05, 3.63) is 0 Å². The van der Waals surface area contributed by atoms with Crippen molar-refractivity contribution in [2.45, 2.75) is 31.9 Å². The maximum absolute atomic E-state index is 5.32. The van der Waals surface area contributed by atoms with E-state index in [9.17, 15) is 0 Å². The highest BCUT2D eigenvalue weighted by atomic mass is 16.5. The van der Waals surface area contributed by atoms with Gasteiger partial charge in [-0.1, -0.05) is 0 Å². The first-order valence-electron chi connectivity index (χ1n) is 5.20. The smallest absolute Gasteiger partial charge is 0.0708 e. The van der Waals surface area contributed by atoms with Gasteiger partial charge in [-0.05, 0) is 39.9 Å². The number of likely N-dealkylation sites (tertiary alicyclic amines) is 1. The summed E-state index contributed by atoms with van der Waals surface area (Å²) >= 11 is 0. The van der Waals surface area contributed by atoms with Crippen LogP contribution in [0.5, 0.6) is 0 Å². The summed E-state index contributed by atoms with van der Waals surface area (Å²) in [5.74, 6) is 0. The van der Waals surface area contributed by atoms with Crippen LogP contribution in [0, 0.1) is 0 Å². The van der Waals surface area contributed by atoms with Crippen molar-refractivity contribution in [3.8, 4) is 0 Å². The summed E-state index contributed by atoms with van der Waals surface area (Å²) < 4.78 is 5.32. The van der Waals surface area contributed by atoms with Crippen LogP contribution in [0.1, 0.15) is 19.8 Å². The molecule has 1 heterocycles. The molecule has 0 amide bonds. The molecule has 2 atom stereocenters. The first-order valence-corrected chi connectivity index (χ1v) is 5.20. The molecule has 0 aliphatic carbocycles. The lowest BCUT2D eigenvalue weighted by atomic mass is 10.1. The number of ether oxygens (including phenoxy) is 1. The Hall–Kier alpha value is -0.120. The molecule has 0 aromatic heterocycles. The van der Waals surface area contributed by atoms with E-state index < -0.39 is 0 Å². The fourth-order valence-corrected chi connectivity index (χ4v) is 1.88. The molecular formula is C10H22N2O. The lowest BCUT2D eigenvalue weighted by Gasteiger charge is -2.27. The van der Waals surface area contributed by atoms with Crippen molar-refractivity contribution in [2.75, 3.05) is 33.8 Å². The minimum absolute atomic E-state index is 0.297. The minimum Gasteiger partial charge on any atom is -0.380 e. The first-order chi connectivity index (χ1) is 6.27. The van der Waals surface area contributed by atoms with Crippen LogP contribution in [0.2, 0.25) is 0 Å². The highest BCUT2D eigenvalue weighted by molar-refractivity contribution is 4.78. The van der Waals surface area contributed by atoms with Gasteiger partial charge in [0, 0.05) is 19.7 Å². The second-order valence-corrected chi connectivity index (χ2v) is 3.84. The van der Waals surface area contributed by atoms with Crippen LogP contribution in [0.3, 0.4) is 0 Å². The summed E-state index contributed by atoms with van der Waals surface area (Å²) in [6.07, 6.45) is 3.01. The molecule has 3 nitrogen and oxygen atoms in total. The van der Waals surface area contributed by atoms with Crippen molar-refractivity contribution in [1.82, 2.24) is 10.2 Å². The fourth-order valence-electron chi connectivity index (χ4n) is 1.88. The molecule has 0 saturated carbocycles. The summed E-state index contributed by atoms with van der Waals surface area (Å²) in [7, 11) is 3.79. The second-order valence-electron chi connectivity index (χ2n) is 3.84. The van der Waals surface area contributed by atoms with Gasteiger partial charge in [-0.3, -0.25) is 0 Å². The predicted molar refractivity (Wildman–Crippen MR) is 55.0 cm³/mol. The van der Waals surface area contributed by atoms with Crippen molar-refractivity contribution >= 4 is 0 Å². The fraction of sp³-hybridized carbons (Fsp3) is 1.00. The molecule has 1 saturated heterocycles. The van der Waals surface area contributed by atoms with Crippen LogP contribution in [-0.4, -0.2) is 50.8 Å². The van der Waals surface area contributed by atoms with Gasteiger partial charge in [0.05, 0.1) is 6.10 Å². The maximum Gasteiger partial charge on any atom is 0.0708 e. The Labute approximate surface area is 81.4 Å². The summed E-state index contributed by atoms with van der Waals surface area (Å²) in [6, 6.07) is 0.461. The molecule has 3 heteroatoms. The van der Waals surface area contributed by atoms with Crippen molar-refractivity contribution in [3.63, 3.8) is 0 Å². The van der Waals surface area contributed by atoms with Gasteiger partial charge in [0.1, 0.15) is 0 Å². The van der Waals surface area contributed by atoms with E-state index in [0.717, 1.165) is 6.54 Å². The third kappa shape index (κ3) is 3.25. The summed E-state index contributed by atoms with van der Waals surface area (Å²) in [6.45, 7) is 5.76. The van der Waals surface area contributed by atoms with Gasteiger partial charge in [-0.2, -0.15) is 0 Å². The number of methoxy groups -OCH3 is 1. The molecule has 0 bridgehead atoms. The number of likely N-dealkylation sites (N-methyl/N-ethyl adjacent to an activating group) is 1. The van der Waals surface area contributed by atoms with E-state index in [1.807, 2.05) is 7.05 Å². The number of hydrogen-bond acceptors (Lipinski definition) is 3. The van der Waals surface area contributed by atoms with E-state index in [0.29, 0.717) is 12.1 Å². The first kappa shape index (κ1) is 11.0. The number of nitrogens with zero attached hydrogens (tertiary/aromatic N) is 1. The molecule has 13 heavy (non-hydrogen) atoms. The van der Waals surface area contributed by atoms with Gasteiger partial charge >= 0.3 is 0 Å². The van der Waals surface area contributed by atoms with E-state index in [1.54, 1.807) is 7.11 Å². The molecule has 0 aromatic rings. The standard InChI is InChI=1S/C10H22N2O/c1-9(13-3)10(11-2)8-12-6-4-5-7-12/h9-11H,4-8H2,1-3H3/t9-,10-/m1/s1. The molecule has 0 unspecified atom stereocenters. The molecule has 0 spiro atoms. The molecule has 1 rings (SSSR count). The topological polar surface area (TPSA) is 24.5 Å². The van der Waals surface area contributed by atoms with E-state index in [4.69, 9.17) is 4.74 Å². The SMILES string of the molecule is CN[C@H](CN1CCCC1)[C@@H](C)OC. The van der Waals surface area contributed by atoms with Crippen LogP contribution >= 0.6 is 0 Å². The van der Waals surface area contributed by atoms with Gasteiger partial charge < -0.3 is 15.0 Å². The van der Waals surface area contributed by atoms with Crippen LogP contribution in [0.25, 0.3) is 0 Å². The average molecular weight is 186 g/mol. The lowest BCUT2D eigenvalue weighted by molar-refractivity contribution is 0.0727. The maximum atomic E-state index is 5.32. The van der Waals surface area contributed by atoms with Crippen LogP contribution in [0.15, 0.2) is 0 Å². The van der Waals surface area contributed by atoms with E-state index in [2.05, 4.69) is 17.1 Å². The second kappa shape index (κ2) is 5.58. The largest absolute Gasteiger partial charge is 0.380 e. The minimum atomic E-state index is 0.297. The Balaban J connectivity index is 2.29. The Bertz CT molecular complexity index is 135. The Morgan fingerprint density at radius 2 is 2.00 bits per heavy atom. The zero-order valence-corrected chi connectivity index (χ0v) is 9.05. The Morgan fingerprint density at radius 3 is 2.46 bits per heavy atom. The highest BCUT2D eigenvalue weighted by Crippen LogP contribution is 2.09. The third-order valence-electron chi connectivity index (χ3n) is 2.96. The summed E-state index contributed by atoms with van der Waals surface area (Å²) in [4.78, 5) is 2.51. The predicted octanol–water partition coefficient (Wildman–Crippen LogP) is 0.705. The number of rotatable bonds is 5. The van der Waals surface area contributed by atoms with Crippen molar-refractivity contribution < 1.29 is 4.74 Å². The van der Waals surface area contributed by atoms with Crippen molar-refractivity contribution in [2.24, 2.45) is 0 Å². The normalized spacial score (nSPS) is 23.3.